The monoisotopic (exact) mass is 238 g/mol. The van der Waals surface area contributed by atoms with E-state index in [2.05, 4.69) is 29.1 Å². The fourth-order valence-electron chi connectivity index (χ4n) is 2.34. The van der Waals surface area contributed by atoms with Crippen LogP contribution in [-0.4, -0.2) is 48.2 Å². The lowest BCUT2D eigenvalue weighted by Gasteiger charge is -2.34. The second kappa shape index (κ2) is 5.62. The number of rotatable bonds is 4. The molecule has 0 aromatic carbocycles. The van der Waals surface area contributed by atoms with Gasteiger partial charge in [-0.15, -0.1) is 0 Å². The first-order valence-electron chi connectivity index (χ1n) is 6.22. The van der Waals surface area contributed by atoms with E-state index >= 15 is 0 Å². The molecule has 0 atom stereocenters. The van der Waals surface area contributed by atoms with Crippen LogP contribution in [0.1, 0.15) is 24.3 Å². The van der Waals surface area contributed by atoms with E-state index in [0.717, 1.165) is 37.1 Å². The van der Waals surface area contributed by atoms with Gasteiger partial charge in [0.1, 0.15) is 0 Å². The van der Waals surface area contributed by atoms with Gasteiger partial charge in [-0.2, -0.15) is 0 Å². The van der Waals surface area contributed by atoms with Gasteiger partial charge in [0.15, 0.2) is 5.76 Å². The van der Waals surface area contributed by atoms with Gasteiger partial charge in [-0.05, 0) is 26.9 Å². The summed E-state index contributed by atoms with van der Waals surface area (Å²) in [6.45, 7) is 3.56. The molecule has 0 unspecified atom stereocenters. The Morgan fingerprint density at radius 2 is 2.18 bits per heavy atom. The van der Waals surface area contributed by atoms with Crippen LogP contribution in [0.15, 0.2) is 10.6 Å². The van der Waals surface area contributed by atoms with Gasteiger partial charge >= 0.3 is 0 Å². The normalized spacial score (nSPS) is 19.1. The van der Waals surface area contributed by atoms with Crippen LogP contribution >= 0.6 is 0 Å². The van der Waals surface area contributed by atoms with Crippen molar-refractivity contribution in [1.82, 2.24) is 15.0 Å². The summed E-state index contributed by atoms with van der Waals surface area (Å²) in [6.07, 6.45) is 2.45. The van der Waals surface area contributed by atoms with Crippen LogP contribution < -0.4 is 5.73 Å². The molecule has 2 rings (SSSR count). The molecule has 1 fully saturated rings. The molecule has 5 nitrogen and oxygen atoms in total. The second-order valence-electron chi connectivity index (χ2n) is 4.96. The zero-order chi connectivity index (χ0) is 12.3. The van der Waals surface area contributed by atoms with Crippen molar-refractivity contribution in [3.63, 3.8) is 0 Å². The van der Waals surface area contributed by atoms with Crippen molar-refractivity contribution in [2.45, 2.75) is 32.0 Å². The van der Waals surface area contributed by atoms with Gasteiger partial charge in [0.05, 0.1) is 12.2 Å². The minimum atomic E-state index is 0.451. The number of likely N-dealkylation sites (tertiary alicyclic amines) is 1. The van der Waals surface area contributed by atoms with Crippen molar-refractivity contribution in [3.05, 3.63) is 17.5 Å². The highest BCUT2D eigenvalue weighted by atomic mass is 16.5. The standard InChI is InChI=1S/C12H22N4O/c1-15(2)11-3-5-16(6-4-11)9-12-7-10(8-13)14-17-12/h7,11H,3-6,8-9,13H2,1-2H3. The molecule has 17 heavy (non-hydrogen) atoms. The summed E-state index contributed by atoms with van der Waals surface area (Å²) in [5.74, 6) is 0.925. The zero-order valence-electron chi connectivity index (χ0n) is 10.7. The predicted molar refractivity (Wildman–Crippen MR) is 66.4 cm³/mol. The van der Waals surface area contributed by atoms with E-state index < -0.39 is 0 Å². The van der Waals surface area contributed by atoms with Crippen LogP contribution in [0.25, 0.3) is 0 Å². The van der Waals surface area contributed by atoms with Crippen LogP contribution in [0.5, 0.6) is 0 Å². The molecule has 5 heteroatoms. The third-order valence-electron chi connectivity index (χ3n) is 3.48. The van der Waals surface area contributed by atoms with Gasteiger partial charge < -0.3 is 15.2 Å². The Kier molecular flexibility index (Phi) is 4.15. The van der Waals surface area contributed by atoms with Gasteiger partial charge in [-0.1, -0.05) is 5.16 Å². The zero-order valence-corrected chi connectivity index (χ0v) is 10.7. The molecule has 1 aromatic rings. The van der Waals surface area contributed by atoms with E-state index in [1.807, 2.05) is 6.07 Å². The van der Waals surface area contributed by atoms with Gasteiger partial charge in [0.2, 0.25) is 0 Å². The first-order valence-corrected chi connectivity index (χ1v) is 6.22. The van der Waals surface area contributed by atoms with Crippen molar-refractivity contribution >= 4 is 0 Å². The maximum absolute atomic E-state index is 5.51. The minimum Gasteiger partial charge on any atom is -0.360 e. The number of hydrogen-bond donors (Lipinski definition) is 1. The molecule has 1 aromatic heterocycles. The Hall–Kier alpha value is -0.910. The molecule has 0 spiro atoms. The molecule has 2 N–H and O–H groups in total. The molecule has 96 valence electrons. The number of hydrogen-bond acceptors (Lipinski definition) is 5. The highest BCUT2D eigenvalue weighted by Gasteiger charge is 2.21. The number of nitrogens with two attached hydrogens (primary N) is 1. The average Bonchev–Trinajstić information content (AvgIpc) is 2.77. The lowest BCUT2D eigenvalue weighted by atomic mass is 10.0. The van der Waals surface area contributed by atoms with E-state index in [9.17, 15) is 0 Å². The molecule has 1 aliphatic rings. The summed E-state index contributed by atoms with van der Waals surface area (Å²) in [7, 11) is 4.31. The van der Waals surface area contributed by atoms with E-state index in [1.165, 1.54) is 12.8 Å². The second-order valence-corrected chi connectivity index (χ2v) is 4.96. The molecule has 2 heterocycles. The maximum Gasteiger partial charge on any atom is 0.151 e. The van der Waals surface area contributed by atoms with Crippen LogP contribution in [0, 0.1) is 0 Å². The molecule has 1 saturated heterocycles. The number of aromatic nitrogens is 1. The van der Waals surface area contributed by atoms with Crippen LogP contribution in [0.3, 0.4) is 0 Å². The molecule has 0 saturated carbocycles. The topological polar surface area (TPSA) is 58.5 Å². The number of nitrogens with zero attached hydrogens (tertiary/aromatic N) is 3. The molecule has 0 aliphatic carbocycles. The van der Waals surface area contributed by atoms with Gasteiger partial charge in [0, 0.05) is 31.7 Å². The summed E-state index contributed by atoms with van der Waals surface area (Å²) >= 11 is 0. The van der Waals surface area contributed by atoms with Gasteiger partial charge in [-0.3, -0.25) is 4.90 Å². The van der Waals surface area contributed by atoms with Crippen molar-refractivity contribution in [2.75, 3.05) is 27.2 Å². The van der Waals surface area contributed by atoms with Crippen LogP contribution in [-0.2, 0) is 13.1 Å². The SMILES string of the molecule is CN(C)C1CCN(Cc2cc(CN)no2)CC1. The van der Waals surface area contributed by atoms with E-state index in [-0.39, 0.29) is 0 Å². The maximum atomic E-state index is 5.51. The molecular weight excluding hydrogens is 216 g/mol. The summed E-state index contributed by atoms with van der Waals surface area (Å²) in [6, 6.07) is 2.68. The fraction of sp³-hybridized carbons (Fsp3) is 0.750. The highest BCUT2D eigenvalue weighted by molar-refractivity contribution is 5.04. The van der Waals surface area contributed by atoms with E-state index in [4.69, 9.17) is 10.3 Å². The average molecular weight is 238 g/mol. The van der Waals surface area contributed by atoms with E-state index in [0.29, 0.717) is 6.54 Å². The molecule has 0 bridgehead atoms. The molecule has 1 aliphatic heterocycles. The third-order valence-corrected chi connectivity index (χ3v) is 3.48. The van der Waals surface area contributed by atoms with Crippen molar-refractivity contribution in [1.29, 1.82) is 0 Å². The lowest BCUT2D eigenvalue weighted by Crippen LogP contribution is -2.41. The summed E-state index contributed by atoms with van der Waals surface area (Å²) in [5, 5.41) is 3.91. The third kappa shape index (κ3) is 3.28. The predicted octanol–water partition coefficient (Wildman–Crippen LogP) is 0.659. The Balaban J connectivity index is 1.81. The minimum absolute atomic E-state index is 0.451. The quantitative estimate of drug-likeness (QED) is 0.835. The molecule has 0 amide bonds. The van der Waals surface area contributed by atoms with E-state index in [1.54, 1.807) is 0 Å². The van der Waals surface area contributed by atoms with Gasteiger partial charge in [-0.25, -0.2) is 0 Å². The van der Waals surface area contributed by atoms with Crippen molar-refractivity contribution in [2.24, 2.45) is 5.73 Å². The summed E-state index contributed by atoms with van der Waals surface area (Å²) in [4.78, 5) is 4.74. The Morgan fingerprint density at radius 1 is 1.47 bits per heavy atom. The van der Waals surface area contributed by atoms with Crippen LogP contribution in [0.2, 0.25) is 0 Å². The summed E-state index contributed by atoms with van der Waals surface area (Å²) in [5.41, 5.74) is 6.34. The highest BCUT2D eigenvalue weighted by Crippen LogP contribution is 2.16. The first kappa shape index (κ1) is 12.5. The van der Waals surface area contributed by atoms with Crippen molar-refractivity contribution in [3.8, 4) is 0 Å². The number of piperidine rings is 1. The van der Waals surface area contributed by atoms with Gasteiger partial charge in [0.25, 0.3) is 0 Å². The molecular formula is C12H22N4O. The van der Waals surface area contributed by atoms with Crippen LogP contribution in [0.4, 0.5) is 0 Å². The summed E-state index contributed by atoms with van der Waals surface area (Å²) < 4.78 is 5.25. The fourth-order valence-corrected chi connectivity index (χ4v) is 2.34. The smallest absolute Gasteiger partial charge is 0.151 e. The van der Waals surface area contributed by atoms with Crippen molar-refractivity contribution < 1.29 is 4.52 Å². The first-order chi connectivity index (χ1) is 8.19. The molecule has 0 radical (unpaired) electrons. The Morgan fingerprint density at radius 3 is 2.71 bits per heavy atom. The Bertz CT molecular complexity index is 342. The lowest BCUT2D eigenvalue weighted by molar-refractivity contribution is 0.131. The Labute approximate surface area is 103 Å². The largest absolute Gasteiger partial charge is 0.360 e.